The van der Waals surface area contributed by atoms with Crippen LogP contribution in [0, 0.1) is 0 Å². The SMILES string of the molecule is C=CC.NC(=N/C(=C\Cn1c2ccccc2c2cc(-c3ccc4c(c3)c3ccccc3n4-c3ccc(-c4ccnc5c4sc4ccccc45)cc3)ccc21)c1ccccc1)c1ccccc1. The molecule has 0 aliphatic heterocycles. The molecule has 8 aromatic carbocycles. The number of hydrogen-bond donors (Lipinski definition) is 1. The van der Waals surface area contributed by atoms with Gasteiger partial charge in [0.15, 0.2) is 0 Å². The number of benzene rings is 8. The Balaban J connectivity index is 0.00000156. The van der Waals surface area contributed by atoms with E-state index in [4.69, 9.17) is 15.7 Å². The predicted octanol–water partition coefficient (Wildman–Crippen LogP) is 15.6. The predicted molar refractivity (Wildman–Crippen MR) is 283 cm³/mol. The van der Waals surface area contributed by atoms with E-state index in [0.717, 1.165) is 28.0 Å². The second-order valence-electron chi connectivity index (χ2n) is 16.4. The highest BCUT2D eigenvalue weighted by molar-refractivity contribution is 7.26. The first kappa shape index (κ1) is 40.5. The van der Waals surface area contributed by atoms with Gasteiger partial charge >= 0.3 is 0 Å². The molecule has 0 atom stereocenters. The van der Waals surface area contributed by atoms with Crippen LogP contribution in [-0.2, 0) is 6.54 Å². The quantitative estimate of drug-likeness (QED) is 0.0939. The first-order valence-corrected chi connectivity index (χ1v) is 23.0. The van der Waals surface area contributed by atoms with Gasteiger partial charge in [-0.3, -0.25) is 4.98 Å². The molecule has 4 heterocycles. The summed E-state index contributed by atoms with van der Waals surface area (Å²) in [7, 11) is 0. The molecule has 12 rings (SSSR count). The van der Waals surface area contributed by atoms with Gasteiger partial charge in [-0.2, -0.15) is 0 Å². The van der Waals surface area contributed by atoms with E-state index in [1.807, 2.05) is 73.0 Å². The molecule has 6 heteroatoms. The average Bonchev–Trinajstić information content (AvgIpc) is 4.03. The summed E-state index contributed by atoms with van der Waals surface area (Å²) in [5, 5.41) is 6.11. The van der Waals surface area contributed by atoms with Crippen molar-refractivity contribution in [2.75, 3.05) is 0 Å². The fourth-order valence-electron chi connectivity index (χ4n) is 9.30. The molecule has 0 spiro atoms. The number of nitrogens with two attached hydrogens (primary N) is 1. The Kier molecular flexibility index (Phi) is 10.6. The number of allylic oxidation sites excluding steroid dienone is 2. The number of rotatable bonds is 8. The van der Waals surface area contributed by atoms with Crippen LogP contribution < -0.4 is 5.73 Å². The van der Waals surface area contributed by atoms with Crippen molar-refractivity contribution >= 4 is 86.8 Å². The summed E-state index contributed by atoms with van der Waals surface area (Å²) in [5.74, 6) is 0.491. The zero-order valence-electron chi connectivity index (χ0n) is 36.5. The van der Waals surface area contributed by atoms with Crippen LogP contribution in [0.4, 0.5) is 0 Å². The molecule has 2 N–H and O–H groups in total. The molecule has 12 aromatic rings. The van der Waals surface area contributed by atoms with Gasteiger partial charge in [-0.15, -0.1) is 17.9 Å². The third kappa shape index (κ3) is 7.24. The second-order valence-corrected chi connectivity index (χ2v) is 17.4. The minimum atomic E-state index is 0.491. The molecular formula is C60H45N5S. The Morgan fingerprint density at radius 3 is 1.82 bits per heavy atom. The smallest absolute Gasteiger partial charge is 0.131 e. The third-order valence-corrected chi connectivity index (χ3v) is 13.5. The molecule has 0 saturated heterocycles. The fourth-order valence-corrected chi connectivity index (χ4v) is 10.5. The highest BCUT2D eigenvalue weighted by Gasteiger charge is 2.17. The van der Waals surface area contributed by atoms with Crippen LogP contribution in [-0.4, -0.2) is 20.0 Å². The van der Waals surface area contributed by atoms with Crippen molar-refractivity contribution in [2.45, 2.75) is 13.5 Å². The number of fused-ring (bicyclic) bond motifs is 9. The second kappa shape index (κ2) is 17.3. The number of hydrogen-bond acceptors (Lipinski definition) is 3. The molecule has 0 aliphatic rings. The van der Waals surface area contributed by atoms with Crippen LogP contribution >= 0.6 is 11.3 Å². The normalized spacial score (nSPS) is 12.1. The average molecular weight is 868 g/mol. The maximum Gasteiger partial charge on any atom is 0.131 e. The van der Waals surface area contributed by atoms with Gasteiger partial charge < -0.3 is 14.9 Å². The van der Waals surface area contributed by atoms with Crippen LogP contribution in [0.25, 0.3) is 97.6 Å². The van der Waals surface area contributed by atoms with Crippen LogP contribution in [0.3, 0.4) is 0 Å². The number of pyridine rings is 1. The summed E-state index contributed by atoms with van der Waals surface area (Å²) >= 11 is 1.81. The Hall–Kier alpha value is -8.32. The van der Waals surface area contributed by atoms with Gasteiger partial charge in [0.25, 0.3) is 0 Å². The van der Waals surface area contributed by atoms with E-state index in [1.54, 1.807) is 6.08 Å². The van der Waals surface area contributed by atoms with E-state index < -0.39 is 0 Å². The Morgan fingerprint density at radius 1 is 0.576 bits per heavy atom. The lowest BCUT2D eigenvalue weighted by Crippen LogP contribution is -2.13. The minimum Gasteiger partial charge on any atom is -0.383 e. The highest BCUT2D eigenvalue weighted by atomic mass is 32.1. The summed E-state index contributed by atoms with van der Waals surface area (Å²) in [4.78, 5) is 9.74. The van der Waals surface area contributed by atoms with Crippen LogP contribution in [0.1, 0.15) is 18.1 Å². The molecule has 0 fully saturated rings. The van der Waals surface area contributed by atoms with Crippen molar-refractivity contribution in [3.63, 3.8) is 0 Å². The van der Waals surface area contributed by atoms with Crippen molar-refractivity contribution in [3.05, 3.63) is 236 Å². The lowest BCUT2D eigenvalue weighted by Gasteiger charge is -2.10. The van der Waals surface area contributed by atoms with E-state index >= 15 is 0 Å². The summed E-state index contributed by atoms with van der Waals surface area (Å²) in [6.07, 6.45) is 5.87. The molecule has 4 aromatic heterocycles. The van der Waals surface area contributed by atoms with Gasteiger partial charge in [0.05, 0.1) is 26.9 Å². The zero-order chi connectivity index (χ0) is 44.6. The highest BCUT2D eigenvalue weighted by Crippen LogP contribution is 2.41. The lowest BCUT2D eigenvalue weighted by atomic mass is 10.0. The minimum absolute atomic E-state index is 0.491. The first-order valence-electron chi connectivity index (χ1n) is 22.2. The summed E-state index contributed by atoms with van der Waals surface area (Å²) in [6, 6.07) is 71.1. The Labute approximate surface area is 387 Å². The molecule has 0 saturated carbocycles. The maximum atomic E-state index is 6.58. The van der Waals surface area contributed by atoms with E-state index in [2.05, 4.69) is 173 Å². The van der Waals surface area contributed by atoms with Gasteiger partial charge in [-0.25, -0.2) is 4.99 Å². The molecular weight excluding hydrogens is 823 g/mol. The summed E-state index contributed by atoms with van der Waals surface area (Å²) < 4.78 is 7.26. The van der Waals surface area contributed by atoms with Gasteiger partial charge in [-0.1, -0.05) is 146 Å². The van der Waals surface area contributed by atoms with Crippen molar-refractivity contribution in [1.82, 2.24) is 14.1 Å². The summed E-state index contributed by atoms with van der Waals surface area (Å²) in [6.45, 7) is 5.88. The van der Waals surface area contributed by atoms with Crippen molar-refractivity contribution in [2.24, 2.45) is 10.7 Å². The molecule has 66 heavy (non-hydrogen) atoms. The number of thiophene rings is 1. The van der Waals surface area contributed by atoms with E-state index in [-0.39, 0.29) is 0 Å². The van der Waals surface area contributed by atoms with Crippen LogP contribution in [0.2, 0.25) is 0 Å². The van der Waals surface area contributed by atoms with Crippen LogP contribution in [0.5, 0.6) is 0 Å². The van der Waals surface area contributed by atoms with Crippen LogP contribution in [0.15, 0.2) is 230 Å². The molecule has 0 aliphatic carbocycles. The first-order chi connectivity index (χ1) is 32.6. The standard InChI is InChI=1S/C57H39N5S.C3H6/c58-57(39-15-5-2-6-16-39)60-49(38-13-3-1-4-14-38)32-34-61-50-20-10-7-17-44(50)47-35-40(25-29-51(47)61)41-26-30-53-48(36-41)45-18-8-11-21-52(45)62(53)42-27-23-37(24-28-42)43-31-33-59-55-46-19-9-12-22-54(46)63-56(43)55;1-3-2/h1-33,35-36H,34H2,(H2,58,60);3H,1H2,2H3/b49-32-;. The topological polar surface area (TPSA) is 61.1 Å². The van der Waals surface area contributed by atoms with E-state index in [9.17, 15) is 0 Å². The number of aromatic nitrogens is 3. The molecule has 0 bridgehead atoms. The summed E-state index contributed by atoms with van der Waals surface area (Å²) in [5.41, 5.74) is 21.0. The number of aliphatic imine (C=N–C) groups is 1. The van der Waals surface area contributed by atoms with Gasteiger partial charge in [0.2, 0.25) is 0 Å². The monoisotopic (exact) mass is 867 g/mol. The van der Waals surface area contributed by atoms with Crippen molar-refractivity contribution in [3.8, 4) is 27.9 Å². The van der Waals surface area contributed by atoms with Gasteiger partial charge in [-0.05, 0) is 95.9 Å². The lowest BCUT2D eigenvalue weighted by molar-refractivity contribution is 0.899. The fraction of sp³-hybridized carbons (Fsp3) is 0.0333. The van der Waals surface area contributed by atoms with Crippen molar-refractivity contribution < 1.29 is 0 Å². The molecule has 5 nitrogen and oxygen atoms in total. The molecule has 0 amide bonds. The largest absolute Gasteiger partial charge is 0.383 e. The zero-order valence-corrected chi connectivity index (χ0v) is 37.3. The number of nitrogens with zero attached hydrogens (tertiary/aromatic N) is 4. The molecule has 0 unspecified atom stereocenters. The molecule has 0 radical (unpaired) electrons. The van der Waals surface area contributed by atoms with Gasteiger partial charge in [0, 0.05) is 72.2 Å². The number of amidine groups is 1. The van der Waals surface area contributed by atoms with E-state index in [0.29, 0.717) is 12.4 Å². The van der Waals surface area contributed by atoms with E-state index in [1.165, 1.54) is 80.7 Å². The third-order valence-electron chi connectivity index (χ3n) is 12.3. The Bertz CT molecular complexity index is 3810. The Morgan fingerprint density at radius 2 is 1.11 bits per heavy atom. The van der Waals surface area contributed by atoms with Crippen molar-refractivity contribution in [1.29, 1.82) is 0 Å². The van der Waals surface area contributed by atoms with Gasteiger partial charge in [0.1, 0.15) is 5.84 Å². The number of para-hydroxylation sites is 2. The molecule has 316 valence electrons. The maximum absolute atomic E-state index is 6.58.